The van der Waals surface area contributed by atoms with Crippen LogP contribution in [0.3, 0.4) is 0 Å². The molecule has 1 aromatic carbocycles. The summed E-state index contributed by atoms with van der Waals surface area (Å²) in [5.74, 6) is 2.54. The summed E-state index contributed by atoms with van der Waals surface area (Å²) < 4.78 is 10.7. The topological polar surface area (TPSA) is 47.7 Å². The summed E-state index contributed by atoms with van der Waals surface area (Å²) in [4.78, 5) is 2.59. The standard InChI is InChI=1S/C17H26N2O2/c1-20-14-7-8-15(17(9-14)21-2)16(18)11-19(13-5-6-13)10-12-3-4-12/h7-9,12-13,16H,3-6,10-11,18H2,1-2H3. The average Bonchev–Trinajstić information content (AvgIpc) is 3.38. The van der Waals surface area contributed by atoms with Crippen molar-refractivity contribution < 1.29 is 9.47 Å². The van der Waals surface area contributed by atoms with E-state index in [4.69, 9.17) is 15.2 Å². The molecule has 0 aliphatic heterocycles. The van der Waals surface area contributed by atoms with Crippen molar-refractivity contribution in [1.82, 2.24) is 4.90 Å². The van der Waals surface area contributed by atoms with Crippen LogP contribution in [-0.2, 0) is 0 Å². The zero-order valence-electron chi connectivity index (χ0n) is 13.0. The molecule has 2 aliphatic carbocycles. The minimum Gasteiger partial charge on any atom is -0.497 e. The third-order valence-electron chi connectivity index (χ3n) is 4.52. The number of benzene rings is 1. The summed E-state index contributed by atoms with van der Waals surface area (Å²) in [5, 5.41) is 0. The van der Waals surface area contributed by atoms with Gasteiger partial charge in [0, 0.05) is 36.8 Å². The van der Waals surface area contributed by atoms with Gasteiger partial charge in [0.1, 0.15) is 11.5 Å². The van der Waals surface area contributed by atoms with Crippen LogP contribution >= 0.6 is 0 Å². The van der Waals surface area contributed by atoms with Gasteiger partial charge < -0.3 is 15.2 Å². The van der Waals surface area contributed by atoms with Gasteiger partial charge in [-0.15, -0.1) is 0 Å². The molecule has 1 atom stereocenters. The molecule has 116 valence electrons. The van der Waals surface area contributed by atoms with Crippen LogP contribution in [-0.4, -0.2) is 38.3 Å². The van der Waals surface area contributed by atoms with Gasteiger partial charge in [-0.1, -0.05) is 6.07 Å². The maximum absolute atomic E-state index is 6.46. The van der Waals surface area contributed by atoms with Crippen molar-refractivity contribution in [3.63, 3.8) is 0 Å². The molecular weight excluding hydrogens is 264 g/mol. The molecule has 2 fully saturated rings. The number of hydrogen-bond acceptors (Lipinski definition) is 4. The normalized spacial score (nSPS) is 19.6. The average molecular weight is 290 g/mol. The molecule has 0 bridgehead atoms. The number of rotatable bonds is 8. The predicted molar refractivity (Wildman–Crippen MR) is 83.8 cm³/mol. The summed E-state index contributed by atoms with van der Waals surface area (Å²) in [5.41, 5.74) is 7.53. The Hall–Kier alpha value is -1.26. The lowest BCUT2D eigenvalue weighted by Gasteiger charge is -2.26. The molecule has 2 N–H and O–H groups in total. The Bertz CT molecular complexity index is 484. The highest BCUT2D eigenvalue weighted by Gasteiger charge is 2.34. The lowest BCUT2D eigenvalue weighted by molar-refractivity contribution is 0.236. The highest BCUT2D eigenvalue weighted by molar-refractivity contribution is 5.42. The Kier molecular flexibility index (Phi) is 4.36. The Labute approximate surface area is 127 Å². The fraction of sp³-hybridized carbons (Fsp3) is 0.647. The van der Waals surface area contributed by atoms with E-state index >= 15 is 0 Å². The second-order valence-corrected chi connectivity index (χ2v) is 6.34. The monoisotopic (exact) mass is 290 g/mol. The van der Waals surface area contributed by atoms with Crippen LogP contribution < -0.4 is 15.2 Å². The van der Waals surface area contributed by atoms with Gasteiger partial charge in [-0.3, -0.25) is 4.90 Å². The highest BCUT2D eigenvalue weighted by Crippen LogP contribution is 2.36. The van der Waals surface area contributed by atoms with E-state index in [0.29, 0.717) is 0 Å². The van der Waals surface area contributed by atoms with Crippen LogP contribution in [0.15, 0.2) is 18.2 Å². The maximum Gasteiger partial charge on any atom is 0.127 e. The van der Waals surface area contributed by atoms with Gasteiger partial charge in [-0.25, -0.2) is 0 Å². The number of hydrogen-bond donors (Lipinski definition) is 1. The molecule has 2 saturated carbocycles. The largest absolute Gasteiger partial charge is 0.497 e. The van der Waals surface area contributed by atoms with E-state index < -0.39 is 0 Å². The van der Waals surface area contributed by atoms with Crippen molar-refractivity contribution in [3.05, 3.63) is 23.8 Å². The van der Waals surface area contributed by atoms with E-state index in [1.807, 2.05) is 18.2 Å². The Morgan fingerprint density at radius 2 is 1.95 bits per heavy atom. The van der Waals surface area contributed by atoms with Gasteiger partial charge in [0.2, 0.25) is 0 Å². The number of methoxy groups -OCH3 is 2. The number of nitrogens with zero attached hydrogens (tertiary/aromatic N) is 1. The van der Waals surface area contributed by atoms with E-state index in [9.17, 15) is 0 Å². The first-order valence-corrected chi connectivity index (χ1v) is 7.92. The quantitative estimate of drug-likeness (QED) is 0.799. The molecule has 0 saturated heterocycles. The van der Waals surface area contributed by atoms with Crippen molar-refractivity contribution in [3.8, 4) is 11.5 Å². The van der Waals surface area contributed by atoms with E-state index in [1.165, 1.54) is 32.2 Å². The second-order valence-electron chi connectivity index (χ2n) is 6.34. The van der Waals surface area contributed by atoms with Gasteiger partial charge in [0.15, 0.2) is 0 Å². The van der Waals surface area contributed by atoms with Crippen LogP contribution in [0.5, 0.6) is 11.5 Å². The van der Waals surface area contributed by atoms with Gasteiger partial charge in [-0.05, 0) is 37.7 Å². The Morgan fingerprint density at radius 1 is 1.19 bits per heavy atom. The van der Waals surface area contributed by atoms with E-state index in [2.05, 4.69) is 4.90 Å². The second kappa shape index (κ2) is 6.24. The first-order valence-electron chi connectivity index (χ1n) is 7.92. The van der Waals surface area contributed by atoms with Crippen LogP contribution in [0.1, 0.15) is 37.3 Å². The molecule has 21 heavy (non-hydrogen) atoms. The third kappa shape index (κ3) is 3.69. The zero-order chi connectivity index (χ0) is 14.8. The summed E-state index contributed by atoms with van der Waals surface area (Å²) in [6, 6.07) is 6.66. The third-order valence-corrected chi connectivity index (χ3v) is 4.52. The van der Waals surface area contributed by atoms with Gasteiger partial charge >= 0.3 is 0 Å². The van der Waals surface area contributed by atoms with Crippen molar-refractivity contribution in [1.29, 1.82) is 0 Å². The summed E-state index contributed by atoms with van der Waals surface area (Å²) >= 11 is 0. The predicted octanol–water partition coefficient (Wildman–Crippen LogP) is 2.58. The molecule has 0 aromatic heterocycles. The lowest BCUT2D eigenvalue weighted by atomic mass is 10.1. The summed E-state index contributed by atoms with van der Waals surface area (Å²) in [6.45, 7) is 2.14. The summed E-state index contributed by atoms with van der Waals surface area (Å²) in [6.07, 6.45) is 5.45. The molecule has 3 rings (SSSR count). The Balaban J connectivity index is 1.69. The van der Waals surface area contributed by atoms with Crippen molar-refractivity contribution >= 4 is 0 Å². The van der Waals surface area contributed by atoms with Crippen LogP contribution in [0.4, 0.5) is 0 Å². The van der Waals surface area contributed by atoms with Gasteiger partial charge in [-0.2, -0.15) is 0 Å². The molecule has 0 radical (unpaired) electrons. The fourth-order valence-corrected chi connectivity index (χ4v) is 2.92. The maximum atomic E-state index is 6.46. The minimum atomic E-state index is -0.00907. The smallest absolute Gasteiger partial charge is 0.127 e. The minimum absolute atomic E-state index is 0.00907. The van der Waals surface area contributed by atoms with Crippen molar-refractivity contribution in [2.45, 2.75) is 37.8 Å². The SMILES string of the molecule is COc1ccc(C(N)CN(CC2CC2)C2CC2)c(OC)c1. The molecular formula is C17H26N2O2. The van der Waals surface area contributed by atoms with E-state index in [0.717, 1.165) is 35.6 Å². The Morgan fingerprint density at radius 3 is 2.52 bits per heavy atom. The molecule has 4 heteroatoms. The molecule has 4 nitrogen and oxygen atoms in total. The molecule has 1 unspecified atom stereocenters. The molecule has 0 spiro atoms. The van der Waals surface area contributed by atoms with E-state index in [-0.39, 0.29) is 6.04 Å². The highest BCUT2D eigenvalue weighted by atomic mass is 16.5. The lowest BCUT2D eigenvalue weighted by Crippen LogP contribution is -2.35. The molecule has 1 aromatic rings. The van der Waals surface area contributed by atoms with Crippen molar-refractivity contribution in [2.75, 3.05) is 27.3 Å². The van der Waals surface area contributed by atoms with Crippen molar-refractivity contribution in [2.24, 2.45) is 11.7 Å². The van der Waals surface area contributed by atoms with Crippen LogP contribution in [0.25, 0.3) is 0 Å². The van der Waals surface area contributed by atoms with Crippen LogP contribution in [0, 0.1) is 5.92 Å². The number of ether oxygens (including phenoxy) is 2. The number of nitrogens with two attached hydrogens (primary N) is 1. The molecule has 0 amide bonds. The first-order chi connectivity index (χ1) is 10.2. The molecule has 0 heterocycles. The van der Waals surface area contributed by atoms with Crippen LogP contribution in [0.2, 0.25) is 0 Å². The van der Waals surface area contributed by atoms with E-state index in [1.54, 1.807) is 14.2 Å². The first kappa shape index (κ1) is 14.7. The van der Waals surface area contributed by atoms with Gasteiger partial charge in [0.25, 0.3) is 0 Å². The fourth-order valence-electron chi connectivity index (χ4n) is 2.92. The summed E-state index contributed by atoms with van der Waals surface area (Å²) in [7, 11) is 3.35. The zero-order valence-corrected chi connectivity index (χ0v) is 13.0. The van der Waals surface area contributed by atoms with Gasteiger partial charge in [0.05, 0.1) is 14.2 Å². The molecule has 2 aliphatic rings.